The Balaban J connectivity index is 2.53. The fraction of sp³-hybridized carbons (Fsp3) is 0.250. The molecule has 0 aliphatic carbocycles. The van der Waals surface area contributed by atoms with E-state index in [1.807, 2.05) is 26.8 Å². The van der Waals surface area contributed by atoms with Crippen molar-refractivity contribution in [3.05, 3.63) is 45.0 Å². The zero-order valence-corrected chi connectivity index (χ0v) is 12.3. The van der Waals surface area contributed by atoms with Gasteiger partial charge in [-0.2, -0.15) is 0 Å². The highest BCUT2D eigenvalue weighted by Gasteiger charge is 2.18. The normalized spacial score (nSPS) is 12.5. The van der Waals surface area contributed by atoms with Crippen LogP contribution in [0.1, 0.15) is 29.4 Å². The van der Waals surface area contributed by atoms with E-state index in [1.54, 1.807) is 6.92 Å². The fourth-order valence-electron chi connectivity index (χ4n) is 2.69. The highest BCUT2D eigenvalue weighted by atomic mass is 16.4. The quantitative estimate of drug-likeness (QED) is 0.320. The van der Waals surface area contributed by atoms with E-state index in [9.17, 15) is 4.79 Å². The van der Waals surface area contributed by atoms with Crippen LogP contribution in [0.25, 0.3) is 21.9 Å². The molecule has 5 heteroatoms. The zero-order chi connectivity index (χ0) is 15.3. The van der Waals surface area contributed by atoms with Crippen molar-refractivity contribution in [3.8, 4) is 0 Å². The second-order valence-electron chi connectivity index (χ2n) is 5.24. The van der Waals surface area contributed by atoms with Crippen molar-refractivity contribution in [2.75, 3.05) is 0 Å². The average Bonchev–Trinajstić information content (AvgIpc) is 2.77. The van der Waals surface area contributed by atoms with E-state index in [0.717, 1.165) is 27.5 Å². The first kappa shape index (κ1) is 13.4. The monoisotopic (exact) mass is 285 g/mol. The first-order valence-electron chi connectivity index (χ1n) is 6.60. The molecule has 21 heavy (non-hydrogen) atoms. The third-order valence-electron chi connectivity index (χ3n) is 3.85. The van der Waals surface area contributed by atoms with Gasteiger partial charge in [0.1, 0.15) is 16.9 Å². The summed E-state index contributed by atoms with van der Waals surface area (Å²) in [5, 5.41) is 13.9. The van der Waals surface area contributed by atoms with E-state index in [0.29, 0.717) is 22.6 Å². The Morgan fingerprint density at radius 1 is 1.05 bits per heavy atom. The van der Waals surface area contributed by atoms with Crippen LogP contribution in [0.15, 0.2) is 30.9 Å². The van der Waals surface area contributed by atoms with E-state index in [1.165, 1.54) is 6.07 Å². The van der Waals surface area contributed by atoms with E-state index in [-0.39, 0.29) is 5.63 Å². The lowest BCUT2D eigenvalue weighted by Gasteiger charge is -2.04. The largest absolute Gasteiger partial charge is 0.454 e. The highest BCUT2D eigenvalue weighted by molar-refractivity contribution is 6.06. The van der Waals surface area contributed by atoms with Crippen LogP contribution < -0.4 is 5.63 Å². The van der Waals surface area contributed by atoms with Gasteiger partial charge in [0.05, 0.1) is 0 Å². The third-order valence-corrected chi connectivity index (χ3v) is 3.85. The molecule has 108 valence electrons. The van der Waals surface area contributed by atoms with Gasteiger partial charge >= 0.3 is 5.63 Å². The molecule has 0 unspecified atom stereocenters. The lowest BCUT2D eigenvalue weighted by molar-refractivity contribution is 0.318. The van der Waals surface area contributed by atoms with Gasteiger partial charge in [-0.3, -0.25) is 0 Å². The molecule has 0 amide bonds. The summed E-state index contributed by atoms with van der Waals surface area (Å²) in [5.41, 5.74) is 3.74. The molecule has 0 aliphatic heterocycles. The van der Waals surface area contributed by atoms with Crippen LogP contribution in [-0.4, -0.2) is 10.9 Å². The Hall–Kier alpha value is -2.56. The Morgan fingerprint density at radius 3 is 2.38 bits per heavy atom. The van der Waals surface area contributed by atoms with E-state index in [2.05, 4.69) is 5.16 Å². The van der Waals surface area contributed by atoms with Gasteiger partial charge in [-0.05, 0) is 39.3 Å². The van der Waals surface area contributed by atoms with Crippen molar-refractivity contribution in [3.63, 3.8) is 0 Å². The van der Waals surface area contributed by atoms with Gasteiger partial charge in [0.15, 0.2) is 5.76 Å². The summed E-state index contributed by atoms with van der Waals surface area (Å²) >= 11 is 0. The number of hydrogen-bond acceptors (Lipinski definition) is 5. The Labute approximate surface area is 120 Å². The summed E-state index contributed by atoms with van der Waals surface area (Å²) in [5.74, 6) is 0.533. The van der Waals surface area contributed by atoms with Crippen molar-refractivity contribution < 1.29 is 14.0 Å². The van der Waals surface area contributed by atoms with Crippen LogP contribution in [0.4, 0.5) is 0 Å². The van der Waals surface area contributed by atoms with Gasteiger partial charge < -0.3 is 14.0 Å². The molecule has 0 saturated carbocycles. The molecule has 2 aromatic heterocycles. The summed E-state index contributed by atoms with van der Waals surface area (Å²) in [6.07, 6.45) is 0. The van der Waals surface area contributed by atoms with Gasteiger partial charge in [0, 0.05) is 28.0 Å². The molecule has 1 aromatic carbocycles. The van der Waals surface area contributed by atoms with Crippen molar-refractivity contribution in [1.29, 1.82) is 0 Å². The van der Waals surface area contributed by atoms with Crippen LogP contribution in [0.2, 0.25) is 0 Å². The maximum atomic E-state index is 11.6. The summed E-state index contributed by atoms with van der Waals surface area (Å²) in [7, 11) is 0. The summed E-state index contributed by atoms with van der Waals surface area (Å²) in [4.78, 5) is 11.6. The van der Waals surface area contributed by atoms with Crippen LogP contribution in [-0.2, 0) is 0 Å². The molecule has 3 aromatic rings. The molecular weight excluding hydrogens is 270 g/mol. The third kappa shape index (κ3) is 1.85. The minimum atomic E-state index is -0.376. The Bertz CT molecular complexity index is 960. The molecule has 3 rings (SSSR count). The highest BCUT2D eigenvalue weighted by Crippen LogP contribution is 2.34. The minimum absolute atomic E-state index is 0.376. The van der Waals surface area contributed by atoms with Gasteiger partial charge in [-0.15, -0.1) is 0 Å². The van der Waals surface area contributed by atoms with E-state index in [4.69, 9.17) is 14.0 Å². The number of nitrogens with zero attached hydrogens (tertiary/aromatic N) is 1. The maximum absolute atomic E-state index is 11.6. The lowest BCUT2D eigenvalue weighted by atomic mass is 10.0. The molecule has 5 nitrogen and oxygen atoms in total. The molecule has 0 radical (unpaired) electrons. The first-order chi connectivity index (χ1) is 9.93. The summed E-state index contributed by atoms with van der Waals surface area (Å²) in [6, 6.07) is 3.42. The molecule has 0 saturated heterocycles. The van der Waals surface area contributed by atoms with Crippen LogP contribution >= 0.6 is 0 Å². The number of oxime groups is 1. The zero-order valence-electron chi connectivity index (χ0n) is 12.3. The smallest absolute Gasteiger partial charge is 0.336 e. The van der Waals surface area contributed by atoms with Gasteiger partial charge in [-0.1, -0.05) is 5.16 Å². The topological polar surface area (TPSA) is 75.9 Å². The number of furan rings is 1. The van der Waals surface area contributed by atoms with Crippen LogP contribution in [0.3, 0.4) is 0 Å². The molecule has 0 spiro atoms. The minimum Gasteiger partial charge on any atom is -0.454 e. The SMILES string of the molecule is CC(=NO)c1oc2c(C)c3oc(=O)cc(C)c3cc2c1C. The van der Waals surface area contributed by atoms with Crippen LogP contribution in [0.5, 0.6) is 0 Å². The van der Waals surface area contributed by atoms with Crippen molar-refractivity contribution in [2.45, 2.75) is 27.7 Å². The number of benzene rings is 1. The summed E-state index contributed by atoms with van der Waals surface area (Å²) in [6.45, 7) is 7.31. The molecule has 1 N–H and O–H groups in total. The van der Waals surface area contributed by atoms with E-state index >= 15 is 0 Å². The molecule has 2 heterocycles. The fourth-order valence-corrected chi connectivity index (χ4v) is 2.69. The Morgan fingerprint density at radius 2 is 1.71 bits per heavy atom. The van der Waals surface area contributed by atoms with Gasteiger partial charge in [0.2, 0.25) is 0 Å². The average molecular weight is 285 g/mol. The van der Waals surface area contributed by atoms with Crippen LogP contribution in [0, 0.1) is 20.8 Å². The van der Waals surface area contributed by atoms with Crippen molar-refractivity contribution in [1.82, 2.24) is 0 Å². The van der Waals surface area contributed by atoms with Crippen molar-refractivity contribution in [2.24, 2.45) is 5.16 Å². The van der Waals surface area contributed by atoms with E-state index < -0.39 is 0 Å². The standard InChI is InChI=1S/C16H15NO4/c1-7-5-13(18)20-15-9(3)16-12(6-11(7)15)8(2)14(21-16)10(4)17-19/h5-6,19H,1-4H3. The first-order valence-corrected chi connectivity index (χ1v) is 6.60. The van der Waals surface area contributed by atoms with Crippen molar-refractivity contribution >= 4 is 27.7 Å². The summed E-state index contributed by atoms with van der Waals surface area (Å²) < 4.78 is 11.1. The van der Waals surface area contributed by atoms with Gasteiger partial charge in [0.25, 0.3) is 0 Å². The van der Waals surface area contributed by atoms with Gasteiger partial charge in [-0.25, -0.2) is 4.79 Å². The number of hydrogen-bond donors (Lipinski definition) is 1. The molecule has 0 atom stereocenters. The molecule has 0 fully saturated rings. The molecule has 0 bridgehead atoms. The predicted octanol–water partition coefficient (Wildman–Crippen LogP) is 3.66. The number of rotatable bonds is 1. The maximum Gasteiger partial charge on any atom is 0.336 e. The number of aryl methyl sites for hydroxylation is 3. The number of fused-ring (bicyclic) bond motifs is 2. The lowest BCUT2D eigenvalue weighted by Crippen LogP contribution is -1.99. The molecular formula is C16H15NO4. The Kier molecular flexibility index (Phi) is 2.86. The molecule has 0 aliphatic rings. The second kappa shape index (κ2) is 4.48. The second-order valence-corrected chi connectivity index (χ2v) is 5.24. The predicted molar refractivity (Wildman–Crippen MR) is 80.5 cm³/mol.